The number of Topliss-reactive ketones (excluding diaryl/α,β-unsaturated/α-hetero) is 1. The monoisotopic (exact) mass is 407 g/mol. The molecule has 1 rings (SSSR count). The van der Waals surface area contributed by atoms with E-state index < -0.39 is 35.6 Å². The molecule has 9 heteroatoms. The van der Waals surface area contributed by atoms with Crippen LogP contribution in [-0.2, 0) is 23.9 Å². The van der Waals surface area contributed by atoms with Gasteiger partial charge in [0.15, 0.2) is 5.78 Å². The molecule has 1 N–H and O–H groups in total. The highest BCUT2D eigenvalue weighted by Crippen LogP contribution is 2.27. The van der Waals surface area contributed by atoms with Gasteiger partial charge in [-0.3, -0.25) is 14.4 Å². The number of hydrogen-bond acceptors (Lipinski definition) is 7. The van der Waals surface area contributed by atoms with Crippen molar-refractivity contribution in [3.05, 3.63) is 29.3 Å². The van der Waals surface area contributed by atoms with Gasteiger partial charge in [-0.2, -0.15) is 0 Å². The lowest BCUT2D eigenvalue weighted by Gasteiger charge is -2.33. The van der Waals surface area contributed by atoms with Crippen LogP contribution in [0.3, 0.4) is 0 Å². The maximum absolute atomic E-state index is 12.7. The molecule has 1 atom stereocenters. The second-order valence-corrected chi connectivity index (χ2v) is 6.69. The van der Waals surface area contributed by atoms with Gasteiger partial charge in [0.05, 0.1) is 37.8 Å². The molecule has 0 radical (unpaired) electrons. The zero-order valence-electron chi connectivity index (χ0n) is 17.1. The van der Waals surface area contributed by atoms with Crippen molar-refractivity contribution in [3.63, 3.8) is 0 Å². The summed E-state index contributed by atoms with van der Waals surface area (Å²) >= 11 is 0. The van der Waals surface area contributed by atoms with Crippen LogP contribution in [-0.4, -0.2) is 55.0 Å². The molecule has 0 heterocycles. The summed E-state index contributed by atoms with van der Waals surface area (Å²) in [6.45, 7) is 4.66. The van der Waals surface area contributed by atoms with Gasteiger partial charge in [0.1, 0.15) is 0 Å². The minimum absolute atomic E-state index is 0.00265. The summed E-state index contributed by atoms with van der Waals surface area (Å²) in [5.74, 6) is -3.91. The average Bonchev–Trinajstić information content (AvgIpc) is 2.67. The van der Waals surface area contributed by atoms with Crippen LogP contribution >= 0.6 is 0 Å². The number of amides is 1. The largest absolute Gasteiger partial charge is 0.481 e. The Bertz CT molecular complexity index is 780. The molecule has 0 aromatic heterocycles. The first kappa shape index (κ1) is 23.8. The molecule has 0 aliphatic rings. The molecule has 1 unspecified atom stereocenters. The quantitative estimate of drug-likeness (QED) is 0.616. The molecule has 29 heavy (non-hydrogen) atoms. The van der Waals surface area contributed by atoms with Gasteiger partial charge in [-0.05, 0) is 24.1 Å². The fourth-order valence-electron chi connectivity index (χ4n) is 2.95. The van der Waals surface area contributed by atoms with Crippen LogP contribution in [0.15, 0.2) is 18.2 Å². The van der Waals surface area contributed by atoms with Crippen molar-refractivity contribution in [2.24, 2.45) is 5.92 Å². The summed E-state index contributed by atoms with van der Waals surface area (Å²) in [5.41, 5.74) is 0.123. The predicted molar refractivity (Wildman–Crippen MR) is 103 cm³/mol. The molecule has 0 saturated heterocycles. The van der Waals surface area contributed by atoms with E-state index in [9.17, 15) is 24.0 Å². The van der Waals surface area contributed by atoms with Gasteiger partial charge in [-0.1, -0.05) is 13.8 Å². The Morgan fingerprint density at radius 2 is 1.41 bits per heavy atom. The third kappa shape index (κ3) is 6.13. The van der Waals surface area contributed by atoms with E-state index in [1.807, 2.05) is 0 Å². The number of carboxylic acid groups (broad SMARTS) is 1. The number of methoxy groups -OCH3 is 2. The number of esters is 2. The van der Waals surface area contributed by atoms with E-state index in [1.165, 1.54) is 39.3 Å². The van der Waals surface area contributed by atoms with Crippen LogP contribution < -0.4 is 4.90 Å². The van der Waals surface area contributed by atoms with E-state index in [2.05, 4.69) is 0 Å². The summed E-state index contributed by atoms with van der Waals surface area (Å²) in [7, 11) is 2.34. The zero-order chi connectivity index (χ0) is 22.3. The highest BCUT2D eigenvalue weighted by Gasteiger charge is 2.33. The normalized spacial score (nSPS) is 11.5. The van der Waals surface area contributed by atoms with Crippen molar-refractivity contribution in [2.75, 3.05) is 19.1 Å². The van der Waals surface area contributed by atoms with Gasteiger partial charge in [-0.25, -0.2) is 9.59 Å². The highest BCUT2D eigenvalue weighted by molar-refractivity contribution is 6.04. The number of hydrogen-bond donors (Lipinski definition) is 1. The Labute approximate surface area is 168 Å². The van der Waals surface area contributed by atoms with E-state index in [1.54, 1.807) is 13.8 Å². The van der Waals surface area contributed by atoms with Crippen LogP contribution in [0.1, 0.15) is 54.3 Å². The van der Waals surface area contributed by atoms with Crippen LogP contribution in [0.5, 0.6) is 0 Å². The first-order valence-electron chi connectivity index (χ1n) is 8.89. The number of anilines is 1. The van der Waals surface area contributed by atoms with Crippen LogP contribution in [0.25, 0.3) is 0 Å². The molecule has 1 aromatic rings. The summed E-state index contributed by atoms with van der Waals surface area (Å²) in [4.78, 5) is 61.2. The van der Waals surface area contributed by atoms with E-state index in [0.717, 1.165) is 4.90 Å². The molecule has 0 fully saturated rings. The number of carbonyl (C=O) groups is 5. The Balaban J connectivity index is 3.56. The number of carbonyl (C=O) groups excluding carboxylic acids is 4. The standard InChI is InChI=1S/C20H25NO8/c1-11(2)18(16(23)6-7-17(24)25)21(12(3)22)15-9-13(19(26)28-4)8-14(10-15)20(27)29-5/h8-11,18H,6-7H2,1-5H3,(H,24,25). The maximum atomic E-state index is 12.7. The summed E-state index contributed by atoms with van der Waals surface area (Å²) in [5, 5.41) is 8.86. The first-order valence-corrected chi connectivity index (χ1v) is 8.89. The molecule has 1 aromatic carbocycles. The van der Waals surface area contributed by atoms with Crippen molar-refractivity contribution in [1.29, 1.82) is 0 Å². The molecular weight excluding hydrogens is 382 g/mol. The van der Waals surface area contributed by atoms with Gasteiger partial charge < -0.3 is 19.5 Å². The minimum atomic E-state index is -1.13. The molecule has 0 bridgehead atoms. The number of rotatable bonds is 9. The van der Waals surface area contributed by atoms with E-state index in [-0.39, 0.29) is 35.6 Å². The molecule has 0 aliphatic carbocycles. The lowest BCUT2D eigenvalue weighted by Crippen LogP contribution is -2.47. The van der Waals surface area contributed by atoms with Crippen molar-refractivity contribution in [1.82, 2.24) is 0 Å². The number of ether oxygens (including phenoxy) is 2. The van der Waals surface area contributed by atoms with Crippen molar-refractivity contribution < 1.29 is 38.6 Å². The first-order chi connectivity index (χ1) is 13.5. The van der Waals surface area contributed by atoms with Gasteiger partial charge in [-0.15, -0.1) is 0 Å². The molecule has 1 amide bonds. The van der Waals surface area contributed by atoms with E-state index in [0.29, 0.717) is 0 Å². The fraction of sp³-hybridized carbons (Fsp3) is 0.450. The van der Waals surface area contributed by atoms with Crippen LogP contribution in [0.4, 0.5) is 5.69 Å². The van der Waals surface area contributed by atoms with Gasteiger partial charge in [0.2, 0.25) is 5.91 Å². The molecule has 9 nitrogen and oxygen atoms in total. The number of ketones is 1. The molecule has 0 spiro atoms. The number of benzene rings is 1. The lowest BCUT2D eigenvalue weighted by molar-refractivity contribution is -0.138. The molecular formula is C20H25NO8. The van der Waals surface area contributed by atoms with Crippen LogP contribution in [0, 0.1) is 5.92 Å². The van der Waals surface area contributed by atoms with Crippen molar-refractivity contribution in [2.45, 2.75) is 39.7 Å². The zero-order valence-corrected chi connectivity index (χ0v) is 17.1. The molecule has 0 saturated carbocycles. The van der Waals surface area contributed by atoms with Gasteiger partial charge in [0, 0.05) is 19.0 Å². The minimum Gasteiger partial charge on any atom is -0.481 e. The van der Waals surface area contributed by atoms with Crippen molar-refractivity contribution >= 4 is 35.3 Å². The third-order valence-electron chi connectivity index (χ3n) is 4.20. The highest BCUT2D eigenvalue weighted by atomic mass is 16.5. The Morgan fingerprint density at radius 1 is 0.931 bits per heavy atom. The fourth-order valence-corrected chi connectivity index (χ4v) is 2.95. The Kier molecular flexibility index (Phi) is 8.50. The smallest absolute Gasteiger partial charge is 0.337 e. The number of aliphatic carboxylic acids is 1. The lowest BCUT2D eigenvalue weighted by atomic mass is 9.94. The predicted octanol–water partition coefficient (Wildman–Crippen LogP) is 2.07. The second kappa shape index (κ2) is 10.4. The summed E-state index contributed by atoms with van der Waals surface area (Å²) < 4.78 is 9.39. The molecule has 158 valence electrons. The average molecular weight is 407 g/mol. The summed E-state index contributed by atoms with van der Waals surface area (Å²) in [6, 6.07) is 2.94. The third-order valence-corrected chi connectivity index (χ3v) is 4.20. The summed E-state index contributed by atoms with van der Waals surface area (Å²) in [6.07, 6.45) is -0.633. The van der Waals surface area contributed by atoms with Gasteiger partial charge >= 0.3 is 17.9 Å². The van der Waals surface area contributed by atoms with Crippen molar-refractivity contribution in [3.8, 4) is 0 Å². The number of carboxylic acids is 1. The topological polar surface area (TPSA) is 127 Å². The van der Waals surface area contributed by atoms with Gasteiger partial charge in [0.25, 0.3) is 0 Å². The van der Waals surface area contributed by atoms with Crippen LogP contribution in [0.2, 0.25) is 0 Å². The Hall–Kier alpha value is -3.23. The molecule has 0 aliphatic heterocycles. The number of nitrogens with zero attached hydrogens (tertiary/aromatic N) is 1. The van der Waals surface area contributed by atoms with E-state index >= 15 is 0 Å². The maximum Gasteiger partial charge on any atom is 0.337 e. The second-order valence-electron chi connectivity index (χ2n) is 6.69. The SMILES string of the molecule is COC(=O)c1cc(C(=O)OC)cc(N(C(C)=O)C(C(=O)CCC(=O)O)C(C)C)c1. The van der Waals surface area contributed by atoms with E-state index in [4.69, 9.17) is 14.6 Å². The Morgan fingerprint density at radius 3 is 1.76 bits per heavy atom.